The van der Waals surface area contributed by atoms with Crippen molar-refractivity contribution in [3.05, 3.63) is 11.4 Å². The summed E-state index contributed by atoms with van der Waals surface area (Å²) in [5.74, 6) is -0.146. The van der Waals surface area contributed by atoms with Gasteiger partial charge in [0.25, 0.3) is 5.91 Å². The predicted molar refractivity (Wildman–Crippen MR) is 72.8 cm³/mol. The molecule has 19 heavy (non-hydrogen) atoms. The van der Waals surface area contributed by atoms with Gasteiger partial charge >= 0.3 is 0 Å². The normalized spacial score (nSPS) is 23.7. The predicted octanol–water partition coefficient (Wildman–Crippen LogP) is 0.552. The lowest BCUT2D eigenvalue weighted by Crippen LogP contribution is -2.49. The first-order chi connectivity index (χ1) is 8.85. The van der Waals surface area contributed by atoms with E-state index in [-0.39, 0.29) is 5.91 Å². The minimum atomic E-state index is -0.811. The van der Waals surface area contributed by atoms with Crippen molar-refractivity contribution in [2.45, 2.75) is 38.7 Å². The number of nitrogens with two attached hydrogens (primary N) is 1. The fraction of sp³-hybridized carbons (Fsp3) is 0.692. The third-order valence-electron chi connectivity index (χ3n) is 3.66. The van der Waals surface area contributed by atoms with Crippen molar-refractivity contribution in [2.75, 3.05) is 18.8 Å². The van der Waals surface area contributed by atoms with Gasteiger partial charge < -0.3 is 15.7 Å². The van der Waals surface area contributed by atoms with Gasteiger partial charge in [0, 0.05) is 20.1 Å². The highest BCUT2D eigenvalue weighted by Crippen LogP contribution is 2.24. The standard InChI is InChI=1S/C13H22N4O2/c1-4-9-10(14)11(16(3)15-9)12(18)17-7-5-6-13(2,19)8-17/h19H,4-8,14H2,1-3H3. The van der Waals surface area contributed by atoms with Crippen molar-refractivity contribution in [1.82, 2.24) is 14.7 Å². The first kappa shape index (κ1) is 13.9. The first-order valence-corrected chi connectivity index (χ1v) is 6.68. The van der Waals surface area contributed by atoms with Crippen LogP contribution in [0.15, 0.2) is 0 Å². The zero-order chi connectivity index (χ0) is 14.2. The quantitative estimate of drug-likeness (QED) is 0.819. The maximum atomic E-state index is 12.5. The van der Waals surface area contributed by atoms with Gasteiger partial charge in [0.2, 0.25) is 0 Å². The van der Waals surface area contributed by atoms with Crippen LogP contribution in [0.1, 0.15) is 42.9 Å². The van der Waals surface area contributed by atoms with Crippen molar-refractivity contribution in [1.29, 1.82) is 0 Å². The van der Waals surface area contributed by atoms with E-state index >= 15 is 0 Å². The van der Waals surface area contributed by atoms with Crippen LogP contribution in [0.3, 0.4) is 0 Å². The van der Waals surface area contributed by atoms with E-state index < -0.39 is 5.60 Å². The summed E-state index contributed by atoms with van der Waals surface area (Å²) < 4.78 is 1.54. The number of hydrogen-bond acceptors (Lipinski definition) is 4. The van der Waals surface area contributed by atoms with Gasteiger partial charge in [-0.2, -0.15) is 5.10 Å². The molecule has 1 aromatic heterocycles. The van der Waals surface area contributed by atoms with Crippen LogP contribution in [0.4, 0.5) is 5.69 Å². The molecule has 1 amide bonds. The molecule has 1 aliphatic rings. The Morgan fingerprint density at radius 3 is 2.79 bits per heavy atom. The van der Waals surface area contributed by atoms with Crippen LogP contribution in [0.5, 0.6) is 0 Å². The van der Waals surface area contributed by atoms with Gasteiger partial charge in [-0.1, -0.05) is 6.92 Å². The summed E-state index contributed by atoms with van der Waals surface area (Å²) in [5, 5.41) is 14.3. The average Bonchev–Trinajstić information content (AvgIpc) is 2.62. The Balaban J connectivity index is 2.27. The van der Waals surface area contributed by atoms with Crippen molar-refractivity contribution in [2.24, 2.45) is 7.05 Å². The Labute approximate surface area is 113 Å². The SMILES string of the molecule is CCc1nn(C)c(C(=O)N2CCCC(C)(O)C2)c1N. The molecule has 2 heterocycles. The maximum absolute atomic E-state index is 12.5. The van der Waals surface area contributed by atoms with Crippen molar-refractivity contribution in [3.8, 4) is 0 Å². The van der Waals surface area contributed by atoms with E-state index in [1.165, 1.54) is 0 Å². The zero-order valence-corrected chi connectivity index (χ0v) is 11.8. The average molecular weight is 266 g/mol. The molecular formula is C13H22N4O2. The first-order valence-electron chi connectivity index (χ1n) is 6.68. The number of aryl methyl sites for hydroxylation is 2. The number of amides is 1. The highest BCUT2D eigenvalue weighted by molar-refractivity contribution is 5.98. The summed E-state index contributed by atoms with van der Waals surface area (Å²) >= 11 is 0. The largest absolute Gasteiger partial charge is 0.395 e. The Kier molecular flexibility index (Phi) is 3.54. The third kappa shape index (κ3) is 2.58. The number of β-amino-alcohol motifs (C(OH)–C–C–N with tert-alkyl or cyclic N) is 1. The number of aromatic nitrogens is 2. The maximum Gasteiger partial charge on any atom is 0.274 e. The molecule has 0 aromatic carbocycles. The Bertz CT molecular complexity index is 493. The minimum absolute atomic E-state index is 0.146. The highest BCUT2D eigenvalue weighted by Gasteiger charge is 2.33. The van der Waals surface area contributed by atoms with Crippen molar-refractivity contribution in [3.63, 3.8) is 0 Å². The molecular weight excluding hydrogens is 244 g/mol. The van der Waals surface area contributed by atoms with Crippen LogP contribution >= 0.6 is 0 Å². The Morgan fingerprint density at radius 1 is 1.58 bits per heavy atom. The summed E-state index contributed by atoms with van der Waals surface area (Å²) in [6.07, 6.45) is 2.22. The molecule has 1 aromatic rings. The van der Waals surface area contributed by atoms with Gasteiger partial charge in [0.1, 0.15) is 5.69 Å². The monoisotopic (exact) mass is 266 g/mol. The van der Waals surface area contributed by atoms with Crippen molar-refractivity contribution < 1.29 is 9.90 Å². The van der Waals surface area contributed by atoms with Gasteiger partial charge in [-0.25, -0.2) is 0 Å². The van der Waals surface area contributed by atoms with Gasteiger partial charge in [-0.3, -0.25) is 9.48 Å². The molecule has 1 fully saturated rings. The molecule has 1 unspecified atom stereocenters. The van der Waals surface area contributed by atoms with E-state index in [9.17, 15) is 9.90 Å². The smallest absolute Gasteiger partial charge is 0.274 e. The molecule has 3 N–H and O–H groups in total. The number of aliphatic hydroxyl groups is 1. The van der Waals surface area contributed by atoms with Gasteiger partial charge in [-0.15, -0.1) is 0 Å². The Hall–Kier alpha value is -1.56. The van der Waals surface area contributed by atoms with E-state index in [2.05, 4.69) is 5.10 Å². The van der Waals surface area contributed by atoms with E-state index in [0.29, 0.717) is 30.9 Å². The summed E-state index contributed by atoms with van der Waals surface area (Å²) in [5.41, 5.74) is 6.81. The number of carbonyl (C=O) groups excluding carboxylic acids is 1. The van der Waals surface area contributed by atoms with E-state index in [4.69, 9.17) is 5.73 Å². The van der Waals surface area contributed by atoms with Crippen LogP contribution < -0.4 is 5.73 Å². The van der Waals surface area contributed by atoms with Gasteiger partial charge in [0.05, 0.1) is 17.0 Å². The molecule has 1 saturated heterocycles. The van der Waals surface area contributed by atoms with Crippen LogP contribution in [0.25, 0.3) is 0 Å². The number of rotatable bonds is 2. The van der Waals surface area contributed by atoms with Crippen molar-refractivity contribution >= 4 is 11.6 Å². The topological polar surface area (TPSA) is 84.4 Å². The fourth-order valence-electron chi connectivity index (χ4n) is 2.65. The summed E-state index contributed by atoms with van der Waals surface area (Å²) in [7, 11) is 1.73. The molecule has 0 saturated carbocycles. The number of nitrogen functional groups attached to an aromatic ring is 1. The molecule has 1 aliphatic heterocycles. The van der Waals surface area contributed by atoms with Crippen LogP contribution in [0, 0.1) is 0 Å². The Morgan fingerprint density at radius 2 is 2.26 bits per heavy atom. The second-order valence-corrected chi connectivity index (χ2v) is 5.51. The lowest BCUT2D eigenvalue weighted by molar-refractivity contribution is -0.0110. The second kappa shape index (κ2) is 4.85. The summed E-state index contributed by atoms with van der Waals surface area (Å²) in [6, 6.07) is 0. The van der Waals surface area contributed by atoms with Gasteiger partial charge in [-0.05, 0) is 26.2 Å². The molecule has 6 nitrogen and oxygen atoms in total. The number of nitrogens with zero attached hydrogens (tertiary/aromatic N) is 3. The highest BCUT2D eigenvalue weighted by atomic mass is 16.3. The number of likely N-dealkylation sites (tertiary alicyclic amines) is 1. The molecule has 2 rings (SSSR count). The number of hydrogen-bond donors (Lipinski definition) is 2. The van der Waals surface area contributed by atoms with Crippen LogP contribution in [-0.4, -0.2) is 44.4 Å². The van der Waals surface area contributed by atoms with E-state index in [0.717, 1.165) is 18.5 Å². The summed E-state index contributed by atoms with van der Waals surface area (Å²) in [6.45, 7) is 4.72. The van der Waals surface area contributed by atoms with E-state index in [1.807, 2.05) is 6.92 Å². The molecule has 106 valence electrons. The second-order valence-electron chi connectivity index (χ2n) is 5.51. The van der Waals surface area contributed by atoms with Crippen LogP contribution in [-0.2, 0) is 13.5 Å². The molecule has 0 bridgehead atoms. The zero-order valence-electron chi connectivity index (χ0n) is 11.8. The number of carbonyl (C=O) groups is 1. The van der Waals surface area contributed by atoms with Gasteiger partial charge in [0.15, 0.2) is 0 Å². The lowest BCUT2D eigenvalue weighted by atomic mass is 9.95. The number of piperidine rings is 1. The number of anilines is 1. The lowest BCUT2D eigenvalue weighted by Gasteiger charge is -2.36. The molecule has 0 radical (unpaired) electrons. The third-order valence-corrected chi connectivity index (χ3v) is 3.66. The van der Waals surface area contributed by atoms with E-state index in [1.54, 1.807) is 23.6 Å². The molecule has 1 atom stereocenters. The molecule has 6 heteroatoms. The summed E-state index contributed by atoms with van der Waals surface area (Å²) in [4.78, 5) is 14.2. The fourth-order valence-corrected chi connectivity index (χ4v) is 2.65. The molecule has 0 spiro atoms. The minimum Gasteiger partial charge on any atom is -0.395 e. The van der Waals surface area contributed by atoms with Crippen LogP contribution in [0.2, 0.25) is 0 Å². The molecule has 0 aliphatic carbocycles.